The summed E-state index contributed by atoms with van der Waals surface area (Å²) in [5.41, 5.74) is 0.0640. The molecule has 1 aliphatic carbocycles. The number of hydrogen-bond donors (Lipinski definition) is 0. The van der Waals surface area contributed by atoms with Gasteiger partial charge in [0.05, 0.1) is 25.7 Å². The molecule has 0 amide bonds. The van der Waals surface area contributed by atoms with Crippen molar-refractivity contribution in [2.75, 3.05) is 14.2 Å². The predicted octanol–water partition coefficient (Wildman–Crippen LogP) is 2.40. The van der Waals surface area contributed by atoms with Gasteiger partial charge >= 0.3 is 0 Å². The minimum atomic E-state index is -0.557. The molecule has 0 atom stereocenters. The Kier molecular flexibility index (Phi) is 2.47. The van der Waals surface area contributed by atoms with Crippen molar-refractivity contribution < 1.29 is 13.9 Å². The molecule has 3 nitrogen and oxygen atoms in total. The van der Waals surface area contributed by atoms with Crippen molar-refractivity contribution >= 4 is 0 Å². The highest BCUT2D eigenvalue weighted by atomic mass is 19.1. The van der Waals surface area contributed by atoms with Gasteiger partial charge in [0.2, 0.25) is 5.82 Å². The van der Waals surface area contributed by atoms with Crippen LogP contribution in [-0.4, -0.2) is 14.2 Å². The summed E-state index contributed by atoms with van der Waals surface area (Å²) in [7, 11) is 2.80. The van der Waals surface area contributed by atoms with Crippen LogP contribution in [0, 0.1) is 17.1 Å². The monoisotopic (exact) mass is 221 g/mol. The maximum absolute atomic E-state index is 13.9. The third-order valence-electron chi connectivity index (χ3n) is 2.97. The second-order valence-electron chi connectivity index (χ2n) is 3.86. The molecule has 84 valence electrons. The van der Waals surface area contributed by atoms with Crippen LogP contribution in [-0.2, 0) is 5.41 Å². The van der Waals surface area contributed by atoms with Crippen LogP contribution in [0.2, 0.25) is 0 Å². The Hall–Kier alpha value is -1.76. The largest absolute Gasteiger partial charge is 0.494 e. The highest BCUT2D eigenvalue weighted by molar-refractivity contribution is 5.52. The molecule has 2 rings (SSSR count). The van der Waals surface area contributed by atoms with Gasteiger partial charge in [-0.25, -0.2) is 0 Å². The normalized spacial score (nSPS) is 16.4. The van der Waals surface area contributed by atoms with Crippen LogP contribution in [0.3, 0.4) is 0 Å². The lowest BCUT2D eigenvalue weighted by atomic mass is 9.96. The van der Waals surface area contributed by atoms with Gasteiger partial charge in [0, 0.05) is 5.56 Å². The van der Waals surface area contributed by atoms with Crippen molar-refractivity contribution in [2.24, 2.45) is 0 Å². The van der Waals surface area contributed by atoms with E-state index in [0.717, 1.165) is 12.8 Å². The van der Waals surface area contributed by atoms with E-state index in [4.69, 9.17) is 14.7 Å². The van der Waals surface area contributed by atoms with Crippen molar-refractivity contribution in [1.82, 2.24) is 0 Å². The number of halogens is 1. The van der Waals surface area contributed by atoms with Gasteiger partial charge in [0.1, 0.15) is 0 Å². The van der Waals surface area contributed by atoms with Crippen molar-refractivity contribution in [3.63, 3.8) is 0 Å². The van der Waals surface area contributed by atoms with Crippen LogP contribution < -0.4 is 9.47 Å². The molecule has 0 unspecified atom stereocenters. The summed E-state index contributed by atoms with van der Waals surface area (Å²) in [5, 5.41) is 9.09. The quantitative estimate of drug-likeness (QED) is 0.787. The van der Waals surface area contributed by atoms with E-state index in [1.165, 1.54) is 20.3 Å². The van der Waals surface area contributed by atoms with Gasteiger partial charge in [0.25, 0.3) is 0 Å². The Morgan fingerprint density at radius 1 is 1.31 bits per heavy atom. The third kappa shape index (κ3) is 1.40. The van der Waals surface area contributed by atoms with E-state index in [0.29, 0.717) is 5.56 Å². The average Bonchev–Trinajstić information content (AvgIpc) is 3.09. The van der Waals surface area contributed by atoms with Crippen molar-refractivity contribution in [3.8, 4) is 17.6 Å². The first-order valence-electron chi connectivity index (χ1n) is 5.01. The Labute approximate surface area is 93.4 Å². The summed E-state index contributed by atoms with van der Waals surface area (Å²) in [6, 6.07) is 5.46. The third-order valence-corrected chi connectivity index (χ3v) is 2.97. The minimum absolute atomic E-state index is 0.124. The zero-order valence-electron chi connectivity index (χ0n) is 9.21. The van der Waals surface area contributed by atoms with Gasteiger partial charge in [-0.15, -0.1) is 0 Å². The fourth-order valence-corrected chi connectivity index (χ4v) is 1.84. The second-order valence-corrected chi connectivity index (χ2v) is 3.86. The lowest BCUT2D eigenvalue weighted by Gasteiger charge is -2.14. The fraction of sp³-hybridized carbons (Fsp3) is 0.417. The molecule has 1 fully saturated rings. The van der Waals surface area contributed by atoms with E-state index in [9.17, 15) is 4.39 Å². The Balaban J connectivity index is 2.56. The van der Waals surface area contributed by atoms with Gasteiger partial charge in [-0.1, -0.05) is 0 Å². The van der Waals surface area contributed by atoms with Crippen LogP contribution >= 0.6 is 0 Å². The molecule has 0 heterocycles. The lowest BCUT2D eigenvalue weighted by Crippen LogP contribution is -2.07. The van der Waals surface area contributed by atoms with Crippen LogP contribution in [0.4, 0.5) is 4.39 Å². The summed E-state index contributed by atoms with van der Waals surface area (Å²) in [6.07, 6.45) is 1.51. The first-order valence-corrected chi connectivity index (χ1v) is 5.01. The first-order chi connectivity index (χ1) is 7.68. The molecular formula is C12H12FNO2. The fourth-order valence-electron chi connectivity index (χ4n) is 1.84. The molecule has 1 aromatic rings. The first kappa shape index (κ1) is 10.7. The summed E-state index contributed by atoms with van der Waals surface area (Å²) in [5.74, 6) is -0.281. The maximum Gasteiger partial charge on any atom is 0.207 e. The Bertz CT molecular complexity index is 461. The maximum atomic E-state index is 13.9. The number of hydrogen-bond acceptors (Lipinski definition) is 3. The van der Waals surface area contributed by atoms with Crippen LogP contribution in [0.25, 0.3) is 0 Å². The van der Waals surface area contributed by atoms with Gasteiger partial charge in [-0.2, -0.15) is 9.65 Å². The molecular weight excluding hydrogens is 209 g/mol. The molecule has 1 saturated carbocycles. The summed E-state index contributed by atoms with van der Waals surface area (Å²) in [6.45, 7) is 0. The van der Waals surface area contributed by atoms with Gasteiger partial charge in [-0.05, 0) is 25.0 Å². The van der Waals surface area contributed by atoms with E-state index in [1.54, 1.807) is 6.07 Å². The molecule has 0 N–H and O–H groups in total. The van der Waals surface area contributed by atoms with Crippen LogP contribution in [0.1, 0.15) is 18.4 Å². The molecule has 0 bridgehead atoms. The summed E-state index contributed by atoms with van der Waals surface area (Å²) in [4.78, 5) is 0. The zero-order chi connectivity index (χ0) is 11.8. The standard InChI is InChI=1S/C12H12FNO2/c1-15-9-4-3-8(11(16-2)10(9)13)12(7-14)5-6-12/h3-4H,5-6H2,1-2H3. The lowest BCUT2D eigenvalue weighted by molar-refractivity contribution is 0.346. The number of ether oxygens (including phenoxy) is 2. The average molecular weight is 221 g/mol. The topological polar surface area (TPSA) is 42.2 Å². The van der Waals surface area contributed by atoms with E-state index in [1.807, 2.05) is 0 Å². The molecule has 1 aromatic carbocycles. The number of rotatable bonds is 3. The van der Waals surface area contributed by atoms with Gasteiger partial charge in [0.15, 0.2) is 11.5 Å². The molecule has 0 radical (unpaired) electrons. The molecule has 0 spiro atoms. The molecule has 0 aliphatic heterocycles. The van der Waals surface area contributed by atoms with E-state index in [-0.39, 0.29) is 11.5 Å². The minimum Gasteiger partial charge on any atom is -0.494 e. The SMILES string of the molecule is COc1ccc(C2(C#N)CC2)c(OC)c1F. The second kappa shape index (κ2) is 3.67. The number of nitriles is 1. The molecule has 0 aromatic heterocycles. The molecule has 4 heteroatoms. The molecule has 1 aliphatic rings. The van der Waals surface area contributed by atoms with E-state index in [2.05, 4.69) is 6.07 Å². The van der Waals surface area contributed by atoms with Crippen molar-refractivity contribution in [1.29, 1.82) is 5.26 Å². The van der Waals surface area contributed by atoms with Crippen LogP contribution in [0.15, 0.2) is 12.1 Å². The van der Waals surface area contributed by atoms with Gasteiger partial charge < -0.3 is 9.47 Å². The Morgan fingerprint density at radius 2 is 2.00 bits per heavy atom. The smallest absolute Gasteiger partial charge is 0.207 e. The van der Waals surface area contributed by atoms with Crippen molar-refractivity contribution in [2.45, 2.75) is 18.3 Å². The van der Waals surface area contributed by atoms with E-state index < -0.39 is 11.2 Å². The van der Waals surface area contributed by atoms with Crippen molar-refractivity contribution in [3.05, 3.63) is 23.5 Å². The van der Waals surface area contributed by atoms with Gasteiger partial charge in [-0.3, -0.25) is 0 Å². The molecule has 0 saturated heterocycles. The van der Waals surface area contributed by atoms with Crippen LogP contribution in [0.5, 0.6) is 11.5 Å². The highest BCUT2D eigenvalue weighted by Crippen LogP contribution is 2.52. The highest BCUT2D eigenvalue weighted by Gasteiger charge is 2.47. The molecule has 16 heavy (non-hydrogen) atoms. The number of benzene rings is 1. The summed E-state index contributed by atoms with van der Waals surface area (Å²) < 4.78 is 23.8. The Morgan fingerprint density at radius 3 is 2.44 bits per heavy atom. The zero-order valence-corrected chi connectivity index (χ0v) is 9.21. The number of nitrogens with zero attached hydrogens (tertiary/aromatic N) is 1. The van der Waals surface area contributed by atoms with E-state index >= 15 is 0 Å². The number of methoxy groups -OCH3 is 2. The summed E-state index contributed by atoms with van der Waals surface area (Å²) >= 11 is 0. The predicted molar refractivity (Wildman–Crippen MR) is 56.0 cm³/mol.